The van der Waals surface area contributed by atoms with Gasteiger partial charge in [0.2, 0.25) is 5.95 Å². The van der Waals surface area contributed by atoms with E-state index >= 15 is 0 Å². The smallest absolute Gasteiger partial charge is 0.387 e. The summed E-state index contributed by atoms with van der Waals surface area (Å²) in [6.45, 7) is -0.777. The number of nitrogens with zero attached hydrogens (tertiary/aromatic N) is 7. The third kappa shape index (κ3) is 6.18. The van der Waals surface area contributed by atoms with Crippen LogP contribution in [-0.2, 0) is 32.4 Å². The normalized spacial score (nSPS) is 29.9. The molecule has 0 aliphatic carbocycles. The van der Waals surface area contributed by atoms with Gasteiger partial charge in [-0.15, -0.1) is 11.8 Å². The van der Waals surface area contributed by atoms with Crippen LogP contribution in [0.4, 0.5) is 5.95 Å². The zero-order chi connectivity index (χ0) is 32.9. The Balaban J connectivity index is 1.20. The summed E-state index contributed by atoms with van der Waals surface area (Å²) in [4.78, 5) is 54.8. The van der Waals surface area contributed by atoms with Crippen LogP contribution in [0.15, 0.2) is 28.8 Å². The number of hydrogen-bond donors (Lipinski definition) is 7. The van der Waals surface area contributed by atoms with Crippen molar-refractivity contribution in [3.63, 3.8) is 0 Å². The lowest BCUT2D eigenvalue weighted by molar-refractivity contribution is -0.166. The second-order valence-corrected chi connectivity index (χ2v) is 13.1. The van der Waals surface area contributed by atoms with Gasteiger partial charge in [-0.2, -0.15) is 9.88 Å². The molecule has 0 bridgehead atoms. The van der Waals surface area contributed by atoms with Gasteiger partial charge in [0.1, 0.15) is 47.4 Å². The average Bonchev–Trinajstić information content (AvgIpc) is 3.76. The number of phosphoric acid groups is 1. The fraction of sp³-hybridized carbons (Fsp3) is 0.524. The first kappa shape index (κ1) is 32.9. The minimum absolute atomic E-state index is 0.154. The lowest BCUT2D eigenvalue weighted by atomic mass is 10.1. The van der Waals surface area contributed by atoms with Crippen LogP contribution in [0, 0.1) is 0 Å². The summed E-state index contributed by atoms with van der Waals surface area (Å²) in [6.07, 6.45) is -7.80. The molecule has 4 aromatic rings. The number of aliphatic hydroxyl groups is 3. The van der Waals surface area contributed by atoms with E-state index in [1.54, 1.807) is 6.26 Å². The number of nitrogens with one attached hydrogen (secondary N) is 1. The molecule has 22 nitrogen and oxygen atoms in total. The van der Waals surface area contributed by atoms with E-state index in [0.717, 1.165) is 10.9 Å². The number of ether oxygens (including phenoxy) is 3. The minimum Gasteiger partial charge on any atom is -0.387 e. The predicted molar refractivity (Wildman–Crippen MR) is 152 cm³/mol. The number of anilines is 1. The molecule has 10 atom stereocenters. The molecule has 6 heterocycles. The Hall–Kier alpha value is -3.02. The Labute approximate surface area is 261 Å². The molecular weight excluding hydrogens is 680 g/mol. The first-order chi connectivity index (χ1) is 21.9. The van der Waals surface area contributed by atoms with Crippen LogP contribution in [0.3, 0.4) is 0 Å². The molecule has 2 saturated heterocycles. The summed E-state index contributed by atoms with van der Waals surface area (Å²) >= 11 is 1.32. The van der Waals surface area contributed by atoms with E-state index < -0.39 is 83.6 Å². The van der Waals surface area contributed by atoms with Crippen molar-refractivity contribution in [1.82, 2.24) is 39.0 Å². The molecule has 0 saturated carbocycles. The third-order valence-corrected chi connectivity index (χ3v) is 9.07. The van der Waals surface area contributed by atoms with Gasteiger partial charge in [-0.1, -0.05) is 0 Å². The number of hydrogen-bond acceptors (Lipinski definition) is 18. The molecule has 0 amide bonds. The monoisotopic (exact) mass is 706 g/mol. The third-order valence-electron chi connectivity index (χ3n) is 7.03. The van der Waals surface area contributed by atoms with Crippen LogP contribution in [0.2, 0.25) is 0 Å². The van der Waals surface area contributed by atoms with Crippen molar-refractivity contribution >= 4 is 55.9 Å². The molecule has 248 valence electrons. The number of imidazole rings is 2. The summed E-state index contributed by atoms with van der Waals surface area (Å²) in [6, 6.07) is 0. The number of aromatic nitrogens is 8. The molecule has 0 spiro atoms. The number of nitrogen functional groups attached to an aromatic ring is 1. The molecule has 0 aromatic carbocycles. The molecule has 46 heavy (non-hydrogen) atoms. The summed E-state index contributed by atoms with van der Waals surface area (Å²) in [5.74, 6) is -0.298. The molecule has 4 aromatic heterocycles. The maximum atomic E-state index is 13.1. The van der Waals surface area contributed by atoms with Crippen molar-refractivity contribution < 1.29 is 57.5 Å². The van der Waals surface area contributed by atoms with Crippen molar-refractivity contribution in [3.05, 3.63) is 29.3 Å². The molecule has 25 heteroatoms. The number of nitrogens with two attached hydrogens (primary N) is 1. The lowest BCUT2D eigenvalue weighted by Gasteiger charge is -2.24. The average molecular weight is 707 g/mol. The van der Waals surface area contributed by atoms with Gasteiger partial charge in [0.25, 0.3) is 11.9 Å². The van der Waals surface area contributed by atoms with Crippen molar-refractivity contribution in [2.24, 2.45) is 0 Å². The van der Waals surface area contributed by atoms with E-state index in [9.17, 15) is 34.1 Å². The Bertz CT molecular complexity index is 1880. The van der Waals surface area contributed by atoms with Crippen LogP contribution >= 0.6 is 27.6 Å². The van der Waals surface area contributed by atoms with Gasteiger partial charge in [0.05, 0.1) is 19.3 Å². The Kier molecular flexibility index (Phi) is 9.21. The van der Waals surface area contributed by atoms with Crippen molar-refractivity contribution in [3.8, 4) is 0 Å². The van der Waals surface area contributed by atoms with Gasteiger partial charge < -0.3 is 40.2 Å². The summed E-state index contributed by atoms with van der Waals surface area (Å²) in [7, 11) is -7.98. The molecule has 0 radical (unpaired) electrons. The van der Waals surface area contributed by atoms with Gasteiger partial charge in [-0.05, 0) is 10.8 Å². The number of thioether (sulfide) groups is 1. The second-order valence-electron chi connectivity index (χ2n) is 9.90. The zero-order valence-electron chi connectivity index (χ0n) is 23.3. The first-order valence-corrected chi connectivity index (χ1v) is 17.2. The van der Waals surface area contributed by atoms with E-state index in [1.165, 1.54) is 29.0 Å². The lowest BCUT2D eigenvalue weighted by Crippen LogP contribution is -2.36. The van der Waals surface area contributed by atoms with Crippen LogP contribution in [0.5, 0.6) is 0 Å². The van der Waals surface area contributed by atoms with Crippen molar-refractivity contribution in [2.75, 3.05) is 24.9 Å². The number of rotatable bonds is 11. The van der Waals surface area contributed by atoms with E-state index in [1.807, 2.05) is 0 Å². The van der Waals surface area contributed by atoms with Gasteiger partial charge in [-0.3, -0.25) is 28.0 Å². The van der Waals surface area contributed by atoms with E-state index in [0.29, 0.717) is 16.2 Å². The summed E-state index contributed by atoms with van der Waals surface area (Å²) in [5, 5.41) is 32.8. The highest BCUT2D eigenvalue weighted by Crippen LogP contribution is 2.50. The SMILES string of the molecule is CSc1ncnc2c1ncn2[C@@H]1O[C@H](COP(=O)(O)O[C@H]2[C@@H](O)[C@@H](OC[P+](=O)O)O[C@H]2n2cnc3c(=O)[nH]c(N)nc32)[C@H](O)[C@@H]1O. The van der Waals surface area contributed by atoms with Gasteiger partial charge in [-0.25, -0.2) is 24.5 Å². The Morgan fingerprint density at radius 3 is 2.50 bits per heavy atom. The topological polar surface area (TPSA) is 315 Å². The Morgan fingerprint density at radius 2 is 1.78 bits per heavy atom. The van der Waals surface area contributed by atoms with Gasteiger partial charge >= 0.3 is 15.9 Å². The predicted octanol–water partition coefficient (Wildman–Crippen LogP) is -1.69. The molecule has 2 unspecified atom stereocenters. The van der Waals surface area contributed by atoms with E-state index in [-0.39, 0.29) is 17.1 Å². The highest BCUT2D eigenvalue weighted by Gasteiger charge is 2.52. The zero-order valence-corrected chi connectivity index (χ0v) is 25.9. The van der Waals surface area contributed by atoms with Gasteiger partial charge in [0, 0.05) is 0 Å². The number of aromatic amines is 1. The van der Waals surface area contributed by atoms with Crippen LogP contribution < -0.4 is 11.3 Å². The highest BCUT2D eigenvalue weighted by atomic mass is 32.2. The van der Waals surface area contributed by atoms with E-state index in [4.69, 9.17) is 33.9 Å². The fourth-order valence-electron chi connectivity index (χ4n) is 4.98. The molecule has 8 N–H and O–H groups in total. The highest BCUT2D eigenvalue weighted by molar-refractivity contribution is 7.98. The van der Waals surface area contributed by atoms with E-state index in [2.05, 4.69) is 29.9 Å². The number of aliphatic hydroxyl groups excluding tert-OH is 3. The number of fused-ring (bicyclic) bond motifs is 2. The van der Waals surface area contributed by atoms with Crippen LogP contribution in [-0.4, -0.2) is 120 Å². The quantitative estimate of drug-likeness (QED) is 0.0519. The minimum atomic E-state index is -5.16. The van der Waals surface area contributed by atoms with Crippen molar-refractivity contribution in [2.45, 2.75) is 54.3 Å². The summed E-state index contributed by atoms with van der Waals surface area (Å²) in [5.41, 5.74) is 5.32. The summed E-state index contributed by atoms with van der Waals surface area (Å²) < 4.78 is 53.6. The number of H-pyrrole nitrogens is 1. The van der Waals surface area contributed by atoms with Crippen LogP contribution in [0.1, 0.15) is 12.5 Å². The second kappa shape index (κ2) is 12.9. The molecule has 6 rings (SSSR count). The van der Waals surface area contributed by atoms with Gasteiger partial charge in [0.15, 0.2) is 35.6 Å². The van der Waals surface area contributed by atoms with Crippen molar-refractivity contribution in [1.29, 1.82) is 0 Å². The first-order valence-electron chi connectivity index (χ1n) is 13.1. The number of phosphoric ester groups is 1. The maximum absolute atomic E-state index is 13.1. The molecule has 2 fully saturated rings. The fourth-order valence-corrected chi connectivity index (χ4v) is 6.67. The Morgan fingerprint density at radius 1 is 1.07 bits per heavy atom. The molecule has 2 aliphatic heterocycles. The van der Waals surface area contributed by atoms with Crippen LogP contribution in [0.25, 0.3) is 22.3 Å². The molecular formula is C21H26N9O13P2S+. The molecule has 2 aliphatic rings. The standard InChI is InChI=1S/C21H25N9O13P2S/c1-46-17-9-14(23-3-24-17)29(5-26-9)18-11(32)10(31)7(41-18)2-40-45(37,38)43-13-12(33)20(39-6-44(35)36)42-19(13)30-4-25-8-15(30)27-21(22)28-16(8)34/h3-5,7,10-13,18-20,31-33H,2,6H2,1H3,(H4-,22,27,28,34,35,36,37,38)/p+1/t7-,10+,11+,12-,13+,18-,19-,20+/m1/s1. The maximum Gasteiger partial charge on any atom is 0.534 e. The largest absolute Gasteiger partial charge is 0.534 e.